The number of hydrogen-bond donors (Lipinski definition) is 0. The van der Waals surface area contributed by atoms with E-state index in [0.717, 1.165) is 56.0 Å². The third-order valence-electron chi connectivity index (χ3n) is 6.69. The zero-order valence-corrected chi connectivity index (χ0v) is 20.9. The Hall–Kier alpha value is -2.34. The van der Waals surface area contributed by atoms with Gasteiger partial charge >= 0.3 is 0 Å². The van der Waals surface area contributed by atoms with Crippen LogP contribution in [-0.2, 0) is 0 Å². The van der Waals surface area contributed by atoms with Crippen LogP contribution in [0.2, 0.25) is 0 Å². The molecule has 0 bridgehead atoms. The summed E-state index contributed by atoms with van der Waals surface area (Å²) >= 11 is 3.57. The second kappa shape index (κ2) is 11.2. The number of fused-ring (bicyclic) bond motifs is 2. The summed E-state index contributed by atoms with van der Waals surface area (Å²) in [5.41, 5.74) is 1.32. The zero-order chi connectivity index (χ0) is 23.2. The standard InChI is InChI=1S/C27H33BrN2O3/c1-2-17-29-18-9-10-19-30(27(32)20-11-3-5-13-22(20)28)23-14-6-8-16-25(23)33-24-15-7-4-12-21(24)26(29)31/h3-5,7,11-13,15,23,25H,2,6,8-10,14,16-19H2,1H3/t23-,25+/m1/s1. The maximum atomic E-state index is 13.7. The van der Waals surface area contributed by atoms with E-state index < -0.39 is 0 Å². The van der Waals surface area contributed by atoms with E-state index in [1.54, 1.807) is 0 Å². The lowest BCUT2D eigenvalue weighted by atomic mass is 9.90. The van der Waals surface area contributed by atoms with Crippen LogP contribution in [0.25, 0.3) is 0 Å². The van der Waals surface area contributed by atoms with Crippen molar-refractivity contribution < 1.29 is 14.3 Å². The van der Waals surface area contributed by atoms with Gasteiger partial charge in [0.25, 0.3) is 11.8 Å². The minimum atomic E-state index is -0.127. The van der Waals surface area contributed by atoms with Gasteiger partial charge in [0.1, 0.15) is 11.9 Å². The zero-order valence-electron chi connectivity index (χ0n) is 19.3. The van der Waals surface area contributed by atoms with E-state index in [9.17, 15) is 9.59 Å². The number of rotatable bonds is 3. The van der Waals surface area contributed by atoms with E-state index in [0.29, 0.717) is 30.0 Å². The Bertz CT molecular complexity index is 979. The highest BCUT2D eigenvalue weighted by Gasteiger charge is 2.36. The molecular formula is C27H33BrN2O3. The van der Waals surface area contributed by atoms with Crippen LogP contribution in [0.4, 0.5) is 0 Å². The summed E-state index contributed by atoms with van der Waals surface area (Å²) in [4.78, 5) is 31.1. The van der Waals surface area contributed by atoms with Crippen LogP contribution >= 0.6 is 15.9 Å². The third-order valence-corrected chi connectivity index (χ3v) is 7.38. The topological polar surface area (TPSA) is 49.9 Å². The normalized spacial score (nSPS) is 21.8. The molecule has 1 aliphatic heterocycles. The van der Waals surface area contributed by atoms with Crippen molar-refractivity contribution in [3.05, 3.63) is 64.1 Å². The van der Waals surface area contributed by atoms with Gasteiger partial charge in [-0.1, -0.05) is 37.6 Å². The second-order valence-corrected chi connectivity index (χ2v) is 9.84. The maximum Gasteiger partial charge on any atom is 0.257 e. The van der Waals surface area contributed by atoms with E-state index in [-0.39, 0.29) is 24.0 Å². The molecule has 2 aromatic rings. The fourth-order valence-electron chi connectivity index (χ4n) is 5.03. The van der Waals surface area contributed by atoms with Crippen molar-refractivity contribution in [3.8, 4) is 5.75 Å². The monoisotopic (exact) mass is 512 g/mol. The van der Waals surface area contributed by atoms with Gasteiger partial charge < -0.3 is 14.5 Å². The van der Waals surface area contributed by atoms with Gasteiger partial charge in [-0.2, -0.15) is 0 Å². The van der Waals surface area contributed by atoms with Crippen LogP contribution in [0.15, 0.2) is 53.0 Å². The summed E-state index contributed by atoms with van der Waals surface area (Å²) < 4.78 is 7.38. The van der Waals surface area contributed by atoms with Crippen molar-refractivity contribution in [2.24, 2.45) is 0 Å². The number of benzene rings is 2. The first-order valence-electron chi connectivity index (χ1n) is 12.2. The molecule has 0 spiro atoms. The van der Waals surface area contributed by atoms with Crippen molar-refractivity contribution in [3.63, 3.8) is 0 Å². The predicted octanol–water partition coefficient (Wildman–Crippen LogP) is 5.93. The maximum absolute atomic E-state index is 13.7. The number of carbonyl (C=O) groups excluding carboxylic acids is 2. The van der Waals surface area contributed by atoms with Crippen molar-refractivity contribution in [1.82, 2.24) is 9.80 Å². The molecule has 1 aliphatic carbocycles. The third kappa shape index (κ3) is 5.43. The molecule has 176 valence electrons. The smallest absolute Gasteiger partial charge is 0.257 e. The summed E-state index contributed by atoms with van der Waals surface area (Å²) in [7, 11) is 0. The molecule has 2 aromatic carbocycles. The molecule has 1 saturated carbocycles. The van der Waals surface area contributed by atoms with Gasteiger partial charge in [0.2, 0.25) is 0 Å². The molecule has 33 heavy (non-hydrogen) atoms. The van der Waals surface area contributed by atoms with Crippen LogP contribution in [-0.4, -0.2) is 53.4 Å². The Kier molecular flexibility index (Phi) is 8.07. The molecule has 4 rings (SSSR count). The van der Waals surface area contributed by atoms with Crippen molar-refractivity contribution in [2.75, 3.05) is 19.6 Å². The first-order valence-corrected chi connectivity index (χ1v) is 13.0. The number of carbonyl (C=O) groups is 2. The molecule has 1 heterocycles. The summed E-state index contributed by atoms with van der Waals surface area (Å²) in [6, 6.07) is 15.2. The second-order valence-electron chi connectivity index (χ2n) is 8.98. The van der Waals surface area contributed by atoms with E-state index in [2.05, 4.69) is 22.9 Å². The van der Waals surface area contributed by atoms with Crippen molar-refractivity contribution >= 4 is 27.7 Å². The molecule has 0 aromatic heterocycles. The molecule has 1 fully saturated rings. The molecule has 6 heteroatoms. The van der Waals surface area contributed by atoms with Crippen LogP contribution in [0.3, 0.4) is 0 Å². The average molecular weight is 513 g/mol. The van der Waals surface area contributed by atoms with Gasteiger partial charge in [-0.05, 0) is 78.7 Å². The highest BCUT2D eigenvalue weighted by Crippen LogP contribution is 2.32. The van der Waals surface area contributed by atoms with Gasteiger partial charge in [0, 0.05) is 24.1 Å². The molecule has 2 aliphatic rings. The quantitative estimate of drug-likeness (QED) is 0.512. The summed E-state index contributed by atoms with van der Waals surface area (Å²) in [5, 5.41) is 0. The Balaban J connectivity index is 1.70. The largest absolute Gasteiger partial charge is 0.487 e. The van der Waals surface area contributed by atoms with Gasteiger partial charge in [-0.3, -0.25) is 9.59 Å². The lowest BCUT2D eigenvalue weighted by molar-refractivity contribution is 0.0258. The summed E-state index contributed by atoms with van der Waals surface area (Å²) in [5.74, 6) is 0.728. The summed E-state index contributed by atoms with van der Waals surface area (Å²) in [6.07, 6.45) is 6.45. The van der Waals surface area contributed by atoms with Gasteiger partial charge in [0.05, 0.1) is 17.2 Å². The van der Waals surface area contributed by atoms with Crippen molar-refractivity contribution in [2.45, 2.75) is 64.0 Å². The van der Waals surface area contributed by atoms with Crippen LogP contribution in [0, 0.1) is 0 Å². The number of halogens is 1. The van der Waals surface area contributed by atoms with Crippen molar-refractivity contribution in [1.29, 1.82) is 0 Å². The molecule has 2 atom stereocenters. The molecule has 0 saturated heterocycles. The SMILES string of the molecule is CCCN1CCCCN(C(=O)c2ccccc2Br)[C@@H]2CCCC[C@@H]2Oc2ccccc2C1=O. The number of amides is 2. The van der Waals surface area contributed by atoms with Gasteiger partial charge in [-0.15, -0.1) is 0 Å². The fraction of sp³-hybridized carbons (Fsp3) is 0.481. The van der Waals surface area contributed by atoms with Crippen LogP contribution in [0.5, 0.6) is 5.75 Å². The number of nitrogens with zero attached hydrogens (tertiary/aromatic N) is 2. The average Bonchev–Trinajstić information content (AvgIpc) is 2.83. The van der Waals surface area contributed by atoms with E-state index in [4.69, 9.17) is 4.74 Å². The number of ether oxygens (including phenoxy) is 1. The summed E-state index contributed by atoms with van der Waals surface area (Å²) in [6.45, 7) is 4.17. The Morgan fingerprint density at radius 1 is 1.00 bits per heavy atom. The molecule has 0 radical (unpaired) electrons. The predicted molar refractivity (Wildman–Crippen MR) is 134 cm³/mol. The highest BCUT2D eigenvalue weighted by atomic mass is 79.9. The number of hydrogen-bond acceptors (Lipinski definition) is 3. The Labute approximate surface area is 205 Å². The Morgan fingerprint density at radius 3 is 2.55 bits per heavy atom. The van der Waals surface area contributed by atoms with E-state index in [1.165, 1.54) is 0 Å². The lowest BCUT2D eigenvalue weighted by Gasteiger charge is -2.41. The first kappa shape index (κ1) is 23.8. The van der Waals surface area contributed by atoms with Crippen LogP contribution in [0.1, 0.15) is 72.6 Å². The molecule has 5 nitrogen and oxygen atoms in total. The highest BCUT2D eigenvalue weighted by molar-refractivity contribution is 9.10. The number of para-hydroxylation sites is 1. The Morgan fingerprint density at radius 2 is 1.73 bits per heavy atom. The molecule has 2 amide bonds. The lowest BCUT2D eigenvalue weighted by Crippen LogP contribution is -2.51. The fourth-order valence-corrected chi connectivity index (χ4v) is 5.48. The van der Waals surface area contributed by atoms with E-state index in [1.807, 2.05) is 58.3 Å². The minimum absolute atomic E-state index is 0.00677. The molecular weight excluding hydrogens is 480 g/mol. The first-order chi connectivity index (χ1) is 16.1. The van der Waals surface area contributed by atoms with Gasteiger partial charge in [0.15, 0.2) is 0 Å². The van der Waals surface area contributed by atoms with E-state index >= 15 is 0 Å². The van der Waals surface area contributed by atoms with Crippen LogP contribution < -0.4 is 4.74 Å². The minimum Gasteiger partial charge on any atom is -0.487 e. The molecule has 0 unspecified atom stereocenters. The molecule has 0 N–H and O–H groups in total. The van der Waals surface area contributed by atoms with Gasteiger partial charge in [-0.25, -0.2) is 0 Å².